The number of pyridine rings is 1. The second kappa shape index (κ2) is 6.66. The van der Waals surface area contributed by atoms with Crippen molar-refractivity contribution >= 4 is 27.8 Å². The molecule has 3 aromatic heterocycles. The van der Waals surface area contributed by atoms with Crippen molar-refractivity contribution in [3.63, 3.8) is 0 Å². The number of nitrogens with zero attached hydrogens (tertiary/aromatic N) is 5. The van der Waals surface area contributed by atoms with E-state index >= 15 is 0 Å². The van der Waals surface area contributed by atoms with Crippen molar-refractivity contribution in [2.24, 2.45) is 19.8 Å². The minimum atomic E-state index is -0.462. The van der Waals surface area contributed by atoms with E-state index in [0.717, 1.165) is 44.4 Å². The predicted octanol–water partition coefficient (Wildman–Crippen LogP) is 2.69. The Balaban J connectivity index is 1.82. The Morgan fingerprint density at radius 2 is 1.74 bits per heavy atom. The molecule has 31 heavy (non-hydrogen) atoms. The summed E-state index contributed by atoms with van der Waals surface area (Å²) in [5, 5.41) is 5.26. The van der Waals surface area contributed by atoms with Crippen LogP contribution in [0.25, 0.3) is 38.8 Å². The first-order valence-corrected chi connectivity index (χ1v) is 9.76. The largest absolute Gasteiger partial charge is 0.366 e. The van der Waals surface area contributed by atoms with Crippen molar-refractivity contribution in [2.75, 3.05) is 0 Å². The fraction of sp³-hybridized carbons (Fsp3) is 0.130. The number of rotatable bonds is 3. The van der Waals surface area contributed by atoms with Crippen molar-refractivity contribution in [1.29, 1.82) is 0 Å². The Labute approximate surface area is 177 Å². The van der Waals surface area contributed by atoms with Gasteiger partial charge in [-0.3, -0.25) is 23.6 Å². The highest BCUT2D eigenvalue weighted by Gasteiger charge is 2.19. The van der Waals surface area contributed by atoms with Gasteiger partial charge in [-0.15, -0.1) is 0 Å². The molecule has 0 radical (unpaired) electrons. The van der Waals surface area contributed by atoms with Crippen LogP contribution in [-0.2, 0) is 14.1 Å². The molecule has 2 N–H and O–H groups in total. The van der Waals surface area contributed by atoms with E-state index in [1.807, 2.05) is 50.5 Å². The lowest BCUT2D eigenvalue weighted by atomic mass is 10.0. The maximum Gasteiger partial charge on any atom is 0.333 e. The van der Waals surface area contributed by atoms with Crippen LogP contribution in [0.15, 0.2) is 59.7 Å². The molecule has 0 bridgehead atoms. The van der Waals surface area contributed by atoms with Crippen molar-refractivity contribution in [2.45, 2.75) is 6.92 Å². The monoisotopic (exact) mass is 412 g/mol. The molecule has 154 valence electrons. The van der Waals surface area contributed by atoms with Gasteiger partial charge in [0.05, 0.1) is 34.1 Å². The number of primary amides is 1. The third-order valence-corrected chi connectivity index (χ3v) is 5.61. The molecule has 0 saturated heterocycles. The number of amides is 1. The minimum Gasteiger partial charge on any atom is -0.366 e. The van der Waals surface area contributed by atoms with Crippen LogP contribution >= 0.6 is 0 Å². The van der Waals surface area contributed by atoms with Gasteiger partial charge in [0.2, 0.25) is 5.91 Å². The van der Waals surface area contributed by atoms with E-state index < -0.39 is 5.91 Å². The highest BCUT2D eigenvalue weighted by Crippen LogP contribution is 2.30. The second-order valence-electron chi connectivity index (χ2n) is 7.62. The standard InChI is InChI=1S/C23H20N6O2/c1-13-20(12-27(2)26-13)29-21-17-10-16(14-4-6-15(7-5-14)22(24)30)8-9-18(17)25-11-19(21)28(3)23(29)31/h4-12H,1-3H3,(H2,24,30). The van der Waals surface area contributed by atoms with Gasteiger partial charge < -0.3 is 5.73 Å². The fourth-order valence-corrected chi connectivity index (χ4v) is 4.03. The molecule has 0 aliphatic rings. The summed E-state index contributed by atoms with van der Waals surface area (Å²) in [6, 6.07) is 13.1. The van der Waals surface area contributed by atoms with Crippen LogP contribution in [0, 0.1) is 6.92 Å². The summed E-state index contributed by atoms with van der Waals surface area (Å²) in [4.78, 5) is 29.1. The summed E-state index contributed by atoms with van der Waals surface area (Å²) in [5.74, 6) is -0.462. The number of carbonyl (C=O) groups excluding carboxylic acids is 1. The molecule has 0 spiro atoms. The summed E-state index contributed by atoms with van der Waals surface area (Å²) < 4.78 is 5.00. The van der Waals surface area contributed by atoms with E-state index in [1.165, 1.54) is 0 Å². The van der Waals surface area contributed by atoms with E-state index in [2.05, 4.69) is 10.1 Å². The number of aromatic nitrogens is 5. The fourth-order valence-electron chi connectivity index (χ4n) is 4.03. The van der Waals surface area contributed by atoms with Gasteiger partial charge in [0.25, 0.3) is 0 Å². The molecule has 5 rings (SSSR count). The number of aryl methyl sites for hydroxylation is 3. The minimum absolute atomic E-state index is 0.156. The molecule has 2 aromatic carbocycles. The quantitative estimate of drug-likeness (QED) is 0.492. The zero-order chi connectivity index (χ0) is 21.9. The first kappa shape index (κ1) is 18.8. The molecule has 3 heterocycles. The van der Waals surface area contributed by atoms with Crippen molar-refractivity contribution < 1.29 is 4.79 Å². The maximum atomic E-state index is 13.2. The van der Waals surface area contributed by atoms with E-state index in [-0.39, 0.29) is 5.69 Å². The Hall–Kier alpha value is -4.20. The van der Waals surface area contributed by atoms with E-state index in [4.69, 9.17) is 5.73 Å². The van der Waals surface area contributed by atoms with Gasteiger partial charge >= 0.3 is 5.69 Å². The van der Waals surface area contributed by atoms with Crippen LogP contribution in [-0.4, -0.2) is 29.8 Å². The van der Waals surface area contributed by atoms with Gasteiger partial charge in [-0.05, 0) is 42.3 Å². The summed E-state index contributed by atoms with van der Waals surface area (Å²) in [6.07, 6.45) is 3.57. The highest BCUT2D eigenvalue weighted by molar-refractivity contribution is 6.04. The lowest BCUT2D eigenvalue weighted by Gasteiger charge is -2.08. The Kier molecular flexibility index (Phi) is 4.04. The van der Waals surface area contributed by atoms with Crippen LogP contribution in [0.4, 0.5) is 0 Å². The molecule has 0 aliphatic carbocycles. The number of imidazole rings is 1. The van der Waals surface area contributed by atoms with Crippen LogP contribution in [0.1, 0.15) is 16.1 Å². The summed E-state index contributed by atoms with van der Waals surface area (Å²) >= 11 is 0. The molecule has 5 aromatic rings. The summed E-state index contributed by atoms with van der Waals surface area (Å²) in [6.45, 7) is 1.88. The average Bonchev–Trinajstić information content (AvgIpc) is 3.22. The van der Waals surface area contributed by atoms with Gasteiger partial charge in [0.15, 0.2) is 0 Å². The first-order valence-electron chi connectivity index (χ1n) is 9.76. The van der Waals surface area contributed by atoms with Crippen molar-refractivity contribution in [1.82, 2.24) is 23.9 Å². The molecule has 0 fully saturated rings. The van der Waals surface area contributed by atoms with E-state index in [9.17, 15) is 9.59 Å². The smallest absolute Gasteiger partial charge is 0.333 e. The third kappa shape index (κ3) is 2.83. The number of benzene rings is 2. The van der Waals surface area contributed by atoms with Gasteiger partial charge in [0, 0.05) is 31.2 Å². The summed E-state index contributed by atoms with van der Waals surface area (Å²) in [7, 11) is 3.58. The predicted molar refractivity (Wildman–Crippen MR) is 119 cm³/mol. The molecule has 8 nitrogen and oxygen atoms in total. The lowest BCUT2D eigenvalue weighted by molar-refractivity contribution is 0.100. The lowest BCUT2D eigenvalue weighted by Crippen LogP contribution is -2.21. The van der Waals surface area contributed by atoms with Crippen LogP contribution < -0.4 is 11.4 Å². The Morgan fingerprint density at radius 3 is 2.39 bits per heavy atom. The first-order chi connectivity index (χ1) is 14.8. The zero-order valence-corrected chi connectivity index (χ0v) is 17.3. The molecule has 0 unspecified atom stereocenters. The van der Waals surface area contributed by atoms with E-state index in [0.29, 0.717) is 5.56 Å². The normalized spacial score (nSPS) is 11.5. The summed E-state index contributed by atoms with van der Waals surface area (Å²) in [5.41, 5.74) is 11.3. The topological polar surface area (TPSA) is 101 Å². The second-order valence-corrected chi connectivity index (χ2v) is 7.62. The van der Waals surface area contributed by atoms with Crippen LogP contribution in [0.2, 0.25) is 0 Å². The Bertz CT molecular complexity index is 1550. The maximum absolute atomic E-state index is 13.2. The molecule has 8 heteroatoms. The third-order valence-electron chi connectivity index (χ3n) is 5.61. The van der Waals surface area contributed by atoms with Gasteiger partial charge in [-0.25, -0.2) is 4.79 Å². The number of hydrogen-bond donors (Lipinski definition) is 1. The van der Waals surface area contributed by atoms with Crippen LogP contribution in [0.5, 0.6) is 0 Å². The number of fused-ring (bicyclic) bond motifs is 3. The van der Waals surface area contributed by atoms with Crippen LogP contribution in [0.3, 0.4) is 0 Å². The molecule has 0 aliphatic heterocycles. The van der Waals surface area contributed by atoms with Crippen molar-refractivity contribution in [3.8, 4) is 16.8 Å². The van der Waals surface area contributed by atoms with Gasteiger partial charge in [-0.2, -0.15) is 5.10 Å². The Morgan fingerprint density at radius 1 is 1.03 bits per heavy atom. The van der Waals surface area contributed by atoms with Gasteiger partial charge in [-0.1, -0.05) is 18.2 Å². The zero-order valence-electron chi connectivity index (χ0n) is 17.3. The molecule has 0 saturated carbocycles. The number of nitrogens with two attached hydrogens (primary N) is 1. The number of carbonyl (C=O) groups is 1. The van der Waals surface area contributed by atoms with Gasteiger partial charge in [0.1, 0.15) is 0 Å². The van der Waals surface area contributed by atoms with Crippen molar-refractivity contribution in [3.05, 3.63) is 76.6 Å². The molecular formula is C23H20N6O2. The average molecular weight is 412 g/mol. The number of hydrogen-bond acceptors (Lipinski definition) is 4. The molecular weight excluding hydrogens is 392 g/mol. The molecule has 1 amide bonds. The van der Waals surface area contributed by atoms with E-state index in [1.54, 1.807) is 39.2 Å². The SMILES string of the molecule is Cc1nn(C)cc1-n1c(=O)n(C)c2cnc3ccc(-c4ccc(C(N)=O)cc4)cc3c21. The molecule has 0 atom stereocenters. The highest BCUT2D eigenvalue weighted by atomic mass is 16.2.